The first-order chi connectivity index (χ1) is 15.2. The molecule has 2 aliphatic heterocycles. The molecule has 2 saturated heterocycles. The maximum atomic E-state index is 5.35. The van der Waals surface area contributed by atoms with Crippen molar-refractivity contribution in [2.45, 2.75) is 17.9 Å². The van der Waals surface area contributed by atoms with Crippen LogP contribution in [-0.4, -0.2) is 71.4 Å². The predicted octanol–water partition coefficient (Wildman–Crippen LogP) is 3.81. The predicted molar refractivity (Wildman–Crippen MR) is 128 cm³/mol. The molecule has 0 saturated carbocycles. The molecule has 164 valence electrons. The van der Waals surface area contributed by atoms with E-state index in [1.165, 1.54) is 16.1 Å². The average molecular weight is 439 g/mol. The maximum Gasteiger partial charge on any atom is 0.246 e. The fraction of sp³-hybridized carbons (Fsp3) is 0.391. The molecule has 7 nitrogen and oxygen atoms in total. The molecule has 0 atom stereocenters. The summed E-state index contributed by atoms with van der Waals surface area (Å²) < 4.78 is 7.16. The Morgan fingerprint density at radius 1 is 1.06 bits per heavy atom. The first kappa shape index (κ1) is 20.4. The first-order valence-corrected chi connectivity index (χ1v) is 11.9. The molecular formula is C23H30N6OS. The van der Waals surface area contributed by atoms with Crippen LogP contribution in [0.2, 0.25) is 0 Å². The molecule has 0 unspecified atom stereocenters. The van der Waals surface area contributed by atoms with E-state index in [-0.39, 0.29) is 1.43 Å². The van der Waals surface area contributed by atoms with E-state index >= 15 is 0 Å². The lowest BCUT2D eigenvalue weighted by molar-refractivity contribution is -0.0660. The van der Waals surface area contributed by atoms with Crippen LogP contribution >= 0.6 is 11.8 Å². The van der Waals surface area contributed by atoms with Crippen LogP contribution in [0, 0.1) is 6.92 Å². The Bertz CT molecular complexity index is 1050. The van der Waals surface area contributed by atoms with Gasteiger partial charge in [-0.05, 0) is 55.1 Å². The number of aromatic nitrogens is 3. The van der Waals surface area contributed by atoms with Gasteiger partial charge in [-0.3, -0.25) is 4.90 Å². The van der Waals surface area contributed by atoms with Gasteiger partial charge in [0.05, 0.1) is 24.9 Å². The number of nitrogens with one attached hydrogen (secondary N) is 1. The van der Waals surface area contributed by atoms with Crippen LogP contribution in [0.15, 0.2) is 53.7 Å². The number of benzene rings is 2. The van der Waals surface area contributed by atoms with Gasteiger partial charge in [0, 0.05) is 43.9 Å². The maximum absolute atomic E-state index is 5.35. The molecule has 1 aromatic heterocycles. The van der Waals surface area contributed by atoms with Gasteiger partial charge in [-0.25, -0.2) is 4.68 Å². The molecule has 0 aliphatic carbocycles. The van der Waals surface area contributed by atoms with Crippen molar-refractivity contribution in [2.75, 3.05) is 55.9 Å². The molecule has 0 amide bonds. The summed E-state index contributed by atoms with van der Waals surface area (Å²) in [6.45, 7) is 8.17. The minimum absolute atomic E-state index is 0. The van der Waals surface area contributed by atoms with E-state index in [1.807, 2.05) is 16.8 Å². The number of piperazine rings is 1. The van der Waals surface area contributed by atoms with E-state index in [0.29, 0.717) is 12.0 Å². The summed E-state index contributed by atoms with van der Waals surface area (Å²) in [4.78, 5) is 10.7. The molecule has 1 N–H and O–H groups in total. The van der Waals surface area contributed by atoms with Gasteiger partial charge in [-0.2, -0.15) is 4.98 Å². The van der Waals surface area contributed by atoms with Crippen LogP contribution in [-0.2, 0) is 4.74 Å². The van der Waals surface area contributed by atoms with E-state index < -0.39 is 0 Å². The molecule has 0 bridgehead atoms. The van der Waals surface area contributed by atoms with Gasteiger partial charge in [-0.1, -0.05) is 6.07 Å². The van der Waals surface area contributed by atoms with Crippen molar-refractivity contribution < 1.29 is 6.16 Å². The van der Waals surface area contributed by atoms with Gasteiger partial charge < -0.3 is 15.0 Å². The second-order valence-electron chi connectivity index (χ2n) is 8.11. The van der Waals surface area contributed by atoms with E-state index in [2.05, 4.69) is 68.7 Å². The quantitative estimate of drug-likeness (QED) is 0.587. The average Bonchev–Trinajstić information content (AvgIpc) is 3.21. The highest BCUT2D eigenvalue weighted by Gasteiger charge is 2.29. The van der Waals surface area contributed by atoms with Crippen molar-refractivity contribution in [3.05, 3.63) is 54.4 Å². The van der Waals surface area contributed by atoms with Crippen molar-refractivity contribution in [1.29, 1.82) is 0 Å². The number of hydrogen-bond donors (Lipinski definition) is 1. The van der Waals surface area contributed by atoms with Gasteiger partial charge in [0.25, 0.3) is 0 Å². The monoisotopic (exact) mass is 438 g/mol. The lowest BCUT2D eigenvalue weighted by atomic mass is 10.1. The largest absolute Gasteiger partial charge is 0.378 e. The topological polar surface area (TPSA) is 58.5 Å². The molecule has 2 fully saturated rings. The molecule has 2 aromatic carbocycles. The zero-order chi connectivity index (χ0) is 21.2. The third-order valence-electron chi connectivity index (χ3n) is 5.94. The number of nitrogens with zero attached hydrogens (tertiary/aromatic N) is 5. The minimum Gasteiger partial charge on any atom is -0.378 e. The van der Waals surface area contributed by atoms with Crippen LogP contribution in [0.5, 0.6) is 0 Å². The summed E-state index contributed by atoms with van der Waals surface area (Å²) in [7, 11) is 0. The number of hydrogen-bond acceptors (Lipinski definition) is 7. The molecule has 0 radical (unpaired) electrons. The summed E-state index contributed by atoms with van der Waals surface area (Å²) in [5.74, 6) is 0.598. The highest BCUT2D eigenvalue weighted by molar-refractivity contribution is 7.98. The molecule has 5 rings (SSSR count). The molecule has 8 heteroatoms. The Balaban J connectivity index is 0.00000245. The Morgan fingerprint density at radius 3 is 2.65 bits per heavy atom. The van der Waals surface area contributed by atoms with E-state index in [4.69, 9.17) is 4.74 Å². The summed E-state index contributed by atoms with van der Waals surface area (Å²) in [5, 5.41) is 8.01. The minimum atomic E-state index is 0. The molecule has 3 aromatic rings. The van der Waals surface area contributed by atoms with Gasteiger partial charge in [0.1, 0.15) is 6.33 Å². The summed E-state index contributed by atoms with van der Waals surface area (Å²) in [5.41, 5.74) is 4.49. The second-order valence-corrected chi connectivity index (χ2v) is 8.99. The Kier molecular flexibility index (Phi) is 5.85. The molecule has 0 spiro atoms. The van der Waals surface area contributed by atoms with Crippen molar-refractivity contribution in [3.63, 3.8) is 0 Å². The zero-order valence-electron chi connectivity index (χ0n) is 18.0. The standard InChI is InChI=1S/C23H28N6OS.H2/c1-17-10-18(12-20(11-17)27-6-8-28(9-7-27)21-14-30-15-21)25-23-24-16-29(26-23)19-4-3-5-22(13-19)31-2;/h3-5,10-13,16,21H,6-9,14-15H2,1-2H3,(H,25,26);1H. The number of aryl methyl sites for hydroxylation is 1. The van der Waals surface area contributed by atoms with Crippen LogP contribution in [0.1, 0.15) is 6.99 Å². The lowest BCUT2D eigenvalue weighted by Gasteiger charge is -2.43. The molecule has 31 heavy (non-hydrogen) atoms. The van der Waals surface area contributed by atoms with Crippen LogP contribution in [0.25, 0.3) is 5.69 Å². The molecular weight excluding hydrogens is 408 g/mol. The van der Waals surface area contributed by atoms with Gasteiger partial charge in [0.15, 0.2) is 0 Å². The number of anilines is 3. The number of thioether (sulfide) groups is 1. The van der Waals surface area contributed by atoms with Crippen LogP contribution in [0.3, 0.4) is 0 Å². The van der Waals surface area contributed by atoms with Gasteiger partial charge >= 0.3 is 0 Å². The molecule has 2 aliphatic rings. The lowest BCUT2D eigenvalue weighted by Crippen LogP contribution is -2.56. The summed E-state index contributed by atoms with van der Waals surface area (Å²) in [6, 6.07) is 15.5. The van der Waals surface area contributed by atoms with Crippen molar-refractivity contribution in [2.24, 2.45) is 0 Å². The SMILES string of the molecule is CSc1cccc(-n2cnc(Nc3cc(C)cc(N4CCN(C5COC5)CC4)c3)n2)c1.[HH]. The van der Waals surface area contributed by atoms with Crippen LogP contribution < -0.4 is 10.2 Å². The van der Waals surface area contributed by atoms with Crippen molar-refractivity contribution >= 4 is 29.1 Å². The highest BCUT2D eigenvalue weighted by atomic mass is 32.2. The first-order valence-electron chi connectivity index (χ1n) is 10.7. The summed E-state index contributed by atoms with van der Waals surface area (Å²) >= 11 is 1.72. The molecule has 3 heterocycles. The Hall–Kier alpha value is -2.55. The Morgan fingerprint density at radius 2 is 1.90 bits per heavy atom. The Labute approximate surface area is 188 Å². The highest BCUT2D eigenvalue weighted by Crippen LogP contribution is 2.26. The van der Waals surface area contributed by atoms with E-state index in [0.717, 1.165) is 50.8 Å². The normalized spacial score (nSPS) is 17.5. The van der Waals surface area contributed by atoms with E-state index in [1.54, 1.807) is 18.1 Å². The number of rotatable bonds is 6. The van der Waals surface area contributed by atoms with Gasteiger partial charge in [0.2, 0.25) is 5.95 Å². The smallest absolute Gasteiger partial charge is 0.246 e. The van der Waals surface area contributed by atoms with Crippen LogP contribution in [0.4, 0.5) is 17.3 Å². The third-order valence-corrected chi connectivity index (χ3v) is 6.67. The zero-order valence-corrected chi connectivity index (χ0v) is 18.8. The fourth-order valence-corrected chi connectivity index (χ4v) is 4.58. The van der Waals surface area contributed by atoms with Crippen molar-refractivity contribution in [3.8, 4) is 5.69 Å². The van der Waals surface area contributed by atoms with Crippen molar-refractivity contribution in [1.82, 2.24) is 19.7 Å². The van der Waals surface area contributed by atoms with E-state index in [9.17, 15) is 0 Å². The third kappa shape index (κ3) is 4.56. The second kappa shape index (κ2) is 8.90. The van der Waals surface area contributed by atoms with Gasteiger partial charge in [-0.15, -0.1) is 16.9 Å². The fourth-order valence-electron chi connectivity index (χ4n) is 4.12. The summed E-state index contributed by atoms with van der Waals surface area (Å²) in [6.07, 6.45) is 3.83. The number of ether oxygens (including phenoxy) is 1.